The number of nitrogens with one attached hydrogen (secondary N) is 1. The van der Waals surface area contributed by atoms with Gasteiger partial charge in [-0.1, -0.05) is 70.9 Å². The van der Waals surface area contributed by atoms with Crippen LogP contribution in [-0.4, -0.2) is 24.6 Å². The van der Waals surface area contributed by atoms with E-state index in [1.807, 2.05) is 12.1 Å². The number of hydrogen-bond donors (Lipinski definition) is 2. The van der Waals surface area contributed by atoms with E-state index in [1.165, 1.54) is 50.5 Å². The van der Waals surface area contributed by atoms with E-state index in [0.29, 0.717) is 12.3 Å². The number of rotatable bonds is 17. The summed E-state index contributed by atoms with van der Waals surface area (Å²) in [5, 5.41) is 3.16. The number of phosphoric acid groups is 1. The van der Waals surface area contributed by atoms with Gasteiger partial charge in [0, 0.05) is 6.54 Å². The predicted molar refractivity (Wildman–Crippen MR) is 112 cm³/mol. The van der Waals surface area contributed by atoms with Crippen LogP contribution in [0.25, 0.3) is 0 Å². The Balaban J connectivity index is 2.21. The number of hydrogen-bond acceptors (Lipinski definition) is 4. The normalized spacial score (nSPS) is 13.4. The number of aryl methyl sites for hydroxylation is 1. The molecule has 0 amide bonds. The average Bonchev–Trinajstić information content (AvgIpc) is 2.65. The minimum Gasteiger partial charge on any atom is -0.404 e. The van der Waals surface area contributed by atoms with E-state index >= 15 is 0 Å². The second-order valence-electron chi connectivity index (χ2n) is 7.01. The van der Waals surface area contributed by atoms with Crippen molar-refractivity contribution in [2.24, 2.45) is 0 Å². The van der Waals surface area contributed by atoms with Crippen LogP contribution in [0.3, 0.4) is 0 Å². The molecule has 1 atom stereocenters. The average molecular weight is 400 g/mol. The molecule has 0 spiro atoms. The SMILES string of the molecule is CCCCCCCCCc1ccc(OP(=O)(O)OCCNCCCC)cc1. The van der Waals surface area contributed by atoms with Gasteiger partial charge in [-0.15, -0.1) is 0 Å². The van der Waals surface area contributed by atoms with E-state index in [-0.39, 0.29) is 6.61 Å². The second kappa shape index (κ2) is 15.1. The monoisotopic (exact) mass is 399 g/mol. The highest BCUT2D eigenvalue weighted by molar-refractivity contribution is 7.47. The van der Waals surface area contributed by atoms with Crippen LogP contribution in [0.1, 0.15) is 77.2 Å². The van der Waals surface area contributed by atoms with E-state index in [2.05, 4.69) is 19.2 Å². The maximum atomic E-state index is 12.0. The molecule has 0 heterocycles. The number of benzene rings is 1. The lowest BCUT2D eigenvalue weighted by atomic mass is 10.0. The fourth-order valence-corrected chi connectivity index (χ4v) is 3.59. The van der Waals surface area contributed by atoms with Crippen LogP contribution in [0, 0.1) is 0 Å². The van der Waals surface area contributed by atoms with Gasteiger partial charge in [-0.05, 0) is 43.5 Å². The first-order valence-electron chi connectivity index (χ1n) is 10.5. The zero-order valence-electron chi connectivity index (χ0n) is 17.1. The molecular weight excluding hydrogens is 361 g/mol. The van der Waals surface area contributed by atoms with Crippen molar-refractivity contribution in [2.75, 3.05) is 19.7 Å². The van der Waals surface area contributed by atoms with Gasteiger partial charge in [0.15, 0.2) is 0 Å². The third-order valence-electron chi connectivity index (χ3n) is 4.45. The van der Waals surface area contributed by atoms with Gasteiger partial charge in [-0.2, -0.15) is 0 Å². The van der Waals surface area contributed by atoms with E-state index in [9.17, 15) is 9.46 Å². The molecule has 27 heavy (non-hydrogen) atoms. The van der Waals surface area contributed by atoms with Gasteiger partial charge < -0.3 is 9.84 Å². The largest absolute Gasteiger partial charge is 0.527 e. The van der Waals surface area contributed by atoms with Crippen molar-refractivity contribution >= 4 is 7.82 Å². The molecule has 5 nitrogen and oxygen atoms in total. The molecule has 6 heteroatoms. The zero-order chi connectivity index (χ0) is 19.8. The Morgan fingerprint density at radius 3 is 2.19 bits per heavy atom. The Morgan fingerprint density at radius 2 is 1.52 bits per heavy atom. The van der Waals surface area contributed by atoms with Crippen molar-refractivity contribution < 1.29 is 18.5 Å². The lowest BCUT2D eigenvalue weighted by molar-refractivity contribution is 0.204. The molecule has 0 saturated carbocycles. The Labute approximate surface area is 165 Å². The summed E-state index contributed by atoms with van der Waals surface area (Å²) in [5.41, 5.74) is 1.23. The summed E-state index contributed by atoms with van der Waals surface area (Å²) in [6.07, 6.45) is 12.3. The van der Waals surface area contributed by atoms with Gasteiger partial charge in [0.1, 0.15) is 5.75 Å². The smallest absolute Gasteiger partial charge is 0.404 e. The highest BCUT2D eigenvalue weighted by Gasteiger charge is 2.22. The molecule has 0 aliphatic heterocycles. The van der Waals surface area contributed by atoms with Gasteiger partial charge in [0.25, 0.3) is 0 Å². The van der Waals surface area contributed by atoms with Gasteiger partial charge in [-0.25, -0.2) is 4.57 Å². The van der Waals surface area contributed by atoms with Crippen LogP contribution in [0.15, 0.2) is 24.3 Å². The van der Waals surface area contributed by atoms with Crippen LogP contribution in [0.4, 0.5) is 0 Å². The molecule has 2 N–H and O–H groups in total. The summed E-state index contributed by atoms with van der Waals surface area (Å²) in [6.45, 7) is 5.92. The lowest BCUT2D eigenvalue weighted by Crippen LogP contribution is -2.20. The van der Waals surface area contributed by atoms with Crippen molar-refractivity contribution in [3.63, 3.8) is 0 Å². The predicted octanol–water partition coefficient (Wildman–Crippen LogP) is 5.87. The van der Waals surface area contributed by atoms with Crippen LogP contribution in [-0.2, 0) is 15.5 Å². The molecule has 0 saturated heterocycles. The third-order valence-corrected chi connectivity index (χ3v) is 5.40. The topological polar surface area (TPSA) is 67.8 Å². The number of unbranched alkanes of at least 4 members (excludes halogenated alkanes) is 7. The van der Waals surface area contributed by atoms with Gasteiger partial charge in [-0.3, -0.25) is 9.42 Å². The first kappa shape index (κ1) is 24.2. The van der Waals surface area contributed by atoms with E-state index < -0.39 is 7.82 Å². The Hall–Kier alpha value is -0.870. The van der Waals surface area contributed by atoms with E-state index in [1.54, 1.807) is 12.1 Å². The molecule has 1 rings (SSSR count). The molecule has 1 unspecified atom stereocenters. The fraction of sp³-hybridized carbons (Fsp3) is 0.714. The molecule has 0 bridgehead atoms. The summed E-state index contributed by atoms with van der Waals surface area (Å²) in [6, 6.07) is 7.39. The van der Waals surface area contributed by atoms with Gasteiger partial charge in [0.2, 0.25) is 0 Å². The van der Waals surface area contributed by atoms with Crippen molar-refractivity contribution in [1.82, 2.24) is 5.32 Å². The van der Waals surface area contributed by atoms with E-state index in [4.69, 9.17) is 9.05 Å². The van der Waals surface area contributed by atoms with Crippen molar-refractivity contribution in [3.8, 4) is 5.75 Å². The van der Waals surface area contributed by atoms with Crippen LogP contribution < -0.4 is 9.84 Å². The maximum absolute atomic E-state index is 12.0. The fourth-order valence-electron chi connectivity index (χ4n) is 2.82. The van der Waals surface area contributed by atoms with Crippen molar-refractivity contribution in [2.45, 2.75) is 78.1 Å². The van der Waals surface area contributed by atoms with Gasteiger partial charge in [0.05, 0.1) is 6.61 Å². The summed E-state index contributed by atoms with van der Waals surface area (Å²) >= 11 is 0. The molecule has 0 aliphatic rings. The summed E-state index contributed by atoms with van der Waals surface area (Å²) in [7, 11) is -4.06. The molecule has 1 aromatic carbocycles. The maximum Gasteiger partial charge on any atom is 0.527 e. The molecule has 156 valence electrons. The lowest BCUT2D eigenvalue weighted by Gasteiger charge is -2.13. The molecule has 0 radical (unpaired) electrons. The van der Waals surface area contributed by atoms with E-state index in [0.717, 1.165) is 25.8 Å². The first-order valence-corrected chi connectivity index (χ1v) is 12.0. The highest BCUT2D eigenvalue weighted by atomic mass is 31.2. The summed E-state index contributed by atoms with van der Waals surface area (Å²) in [4.78, 5) is 9.79. The Morgan fingerprint density at radius 1 is 0.889 bits per heavy atom. The highest BCUT2D eigenvalue weighted by Crippen LogP contribution is 2.43. The third kappa shape index (κ3) is 13.0. The molecular formula is C21H38NO4P. The Kier molecular flexibility index (Phi) is 13.5. The summed E-state index contributed by atoms with van der Waals surface area (Å²) < 4.78 is 22.1. The van der Waals surface area contributed by atoms with Crippen molar-refractivity contribution in [1.29, 1.82) is 0 Å². The number of phosphoric ester groups is 1. The minimum absolute atomic E-state index is 0.147. The Bertz CT molecular complexity index is 521. The second-order valence-corrected chi connectivity index (χ2v) is 8.39. The molecule has 1 aromatic rings. The minimum atomic E-state index is -4.06. The molecule has 0 fully saturated rings. The van der Waals surface area contributed by atoms with Crippen LogP contribution in [0.5, 0.6) is 5.75 Å². The van der Waals surface area contributed by atoms with Gasteiger partial charge >= 0.3 is 7.82 Å². The first-order chi connectivity index (χ1) is 13.1. The van der Waals surface area contributed by atoms with Crippen molar-refractivity contribution in [3.05, 3.63) is 29.8 Å². The summed E-state index contributed by atoms with van der Waals surface area (Å²) in [5.74, 6) is 0.364. The van der Waals surface area contributed by atoms with Crippen LogP contribution in [0.2, 0.25) is 0 Å². The quantitative estimate of drug-likeness (QED) is 0.253. The molecule has 0 aromatic heterocycles. The standard InChI is InChI=1S/C21H38NO4P/c1-3-5-7-8-9-10-11-12-20-13-15-21(16-14-20)26-27(23,24)25-19-18-22-17-6-4-2/h13-16,22H,3-12,17-19H2,1-2H3,(H,23,24). The molecule has 0 aliphatic carbocycles. The van der Waals surface area contributed by atoms with Crippen LogP contribution >= 0.6 is 7.82 Å². The zero-order valence-corrected chi connectivity index (χ0v) is 18.0.